The van der Waals surface area contributed by atoms with Crippen molar-refractivity contribution in [3.8, 4) is 5.75 Å². The quantitative estimate of drug-likeness (QED) is 0.375. The predicted octanol–water partition coefficient (Wildman–Crippen LogP) is 2.28. The Morgan fingerprint density at radius 1 is 1.26 bits per heavy atom. The van der Waals surface area contributed by atoms with Gasteiger partial charge in [-0.3, -0.25) is 4.99 Å². The molecular formula is C17H31IN4O. The third kappa shape index (κ3) is 8.41. The molecule has 2 N–H and O–H groups in total. The van der Waals surface area contributed by atoms with Crippen molar-refractivity contribution in [1.82, 2.24) is 15.5 Å². The zero-order valence-electron chi connectivity index (χ0n) is 15.0. The molecule has 0 saturated carbocycles. The van der Waals surface area contributed by atoms with Crippen molar-refractivity contribution in [2.75, 3.05) is 47.4 Å². The summed E-state index contributed by atoms with van der Waals surface area (Å²) in [6.07, 6.45) is 0.903. The van der Waals surface area contributed by atoms with E-state index in [2.05, 4.69) is 53.6 Å². The Balaban J connectivity index is 0.00000484. The fraction of sp³-hybridized carbons (Fsp3) is 0.588. The van der Waals surface area contributed by atoms with E-state index in [0.717, 1.165) is 44.3 Å². The molecule has 1 aromatic carbocycles. The maximum atomic E-state index is 5.41. The van der Waals surface area contributed by atoms with Gasteiger partial charge in [0.25, 0.3) is 0 Å². The van der Waals surface area contributed by atoms with Gasteiger partial charge in [0.05, 0.1) is 7.11 Å². The molecule has 0 aliphatic rings. The van der Waals surface area contributed by atoms with Crippen LogP contribution in [0.15, 0.2) is 23.2 Å². The number of methoxy groups -OCH3 is 1. The molecule has 0 unspecified atom stereocenters. The van der Waals surface area contributed by atoms with Gasteiger partial charge in [0, 0.05) is 26.7 Å². The third-order valence-corrected chi connectivity index (χ3v) is 3.67. The summed E-state index contributed by atoms with van der Waals surface area (Å²) in [7, 11) is 5.63. The molecule has 1 aromatic rings. The van der Waals surface area contributed by atoms with Gasteiger partial charge in [-0.2, -0.15) is 0 Å². The summed E-state index contributed by atoms with van der Waals surface area (Å²) >= 11 is 0. The Morgan fingerprint density at radius 3 is 2.57 bits per heavy atom. The highest BCUT2D eigenvalue weighted by Crippen LogP contribution is 2.19. The third-order valence-electron chi connectivity index (χ3n) is 3.67. The van der Waals surface area contributed by atoms with Crippen LogP contribution in [-0.2, 0) is 6.42 Å². The van der Waals surface area contributed by atoms with E-state index in [1.54, 1.807) is 14.2 Å². The van der Waals surface area contributed by atoms with Gasteiger partial charge < -0.3 is 20.3 Å². The van der Waals surface area contributed by atoms with Crippen molar-refractivity contribution in [1.29, 1.82) is 0 Å². The summed E-state index contributed by atoms with van der Waals surface area (Å²) in [6.45, 7) is 8.02. The number of rotatable bonds is 8. The van der Waals surface area contributed by atoms with E-state index in [9.17, 15) is 0 Å². The van der Waals surface area contributed by atoms with Crippen LogP contribution in [0.5, 0.6) is 5.75 Å². The Bertz CT molecular complexity index is 480. The Kier molecular flexibility index (Phi) is 11.9. The molecular weight excluding hydrogens is 403 g/mol. The summed E-state index contributed by atoms with van der Waals surface area (Å²) in [6, 6.07) is 6.27. The van der Waals surface area contributed by atoms with Gasteiger partial charge in [0.15, 0.2) is 5.96 Å². The Morgan fingerprint density at radius 2 is 1.96 bits per heavy atom. The van der Waals surface area contributed by atoms with Gasteiger partial charge in [0.1, 0.15) is 5.75 Å². The molecule has 0 amide bonds. The normalized spacial score (nSPS) is 11.1. The first kappa shape index (κ1) is 22.0. The molecule has 0 aliphatic carbocycles. The minimum Gasteiger partial charge on any atom is -0.496 e. The van der Waals surface area contributed by atoms with Gasteiger partial charge in [-0.15, -0.1) is 24.0 Å². The molecule has 5 nitrogen and oxygen atoms in total. The van der Waals surface area contributed by atoms with Crippen molar-refractivity contribution in [3.63, 3.8) is 0 Å². The van der Waals surface area contributed by atoms with Crippen LogP contribution in [0.2, 0.25) is 0 Å². The van der Waals surface area contributed by atoms with Gasteiger partial charge in [-0.05, 0) is 38.6 Å². The molecule has 0 spiro atoms. The lowest BCUT2D eigenvalue weighted by molar-refractivity contribution is 0.357. The molecule has 0 aliphatic heterocycles. The summed E-state index contributed by atoms with van der Waals surface area (Å²) in [5, 5.41) is 6.67. The van der Waals surface area contributed by atoms with Crippen LogP contribution in [0.3, 0.4) is 0 Å². The first-order valence-corrected chi connectivity index (χ1v) is 7.87. The van der Waals surface area contributed by atoms with Crippen LogP contribution in [0, 0.1) is 6.92 Å². The zero-order valence-corrected chi connectivity index (χ0v) is 17.3. The van der Waals surface area contributed by atoms with Crippen molar-refractivity contribution < 1.29 is 4.74 Å². The van der Waals surface area contributed by atoms with Crippen molar-refractivity contribution in [2.24, 2.45) is 4.99 Å². The molecule has 0 aromatic heterocycles. The summed E-state index contributed by atoms with van der Waals surface area (Å²) in [4.78, 5) is 6.51. The lowest BCUT2D eigenvalue weighted by atomic mass is 10.1. The van der Waals surface area contributed by atoms with Crippen LogP contribution in [0.4, 0.5) is 0 Å². The molecule has 0 fully saturated rings. The molecule has 0 heterocycles. The molecule has 23 heavy (non-hydrogen) atoms. The van der Waals surface area contributed by atoms with Gasteiger partial charge in [-0.1, -0.05) is 24.6 Å². The number of nitrogens with one attached hydrogen (secondary N) is 2. The Hall–Kier alpha value is -1.02. The SMILES string of the molecule is CCN(C)CCNC(=NC)NCCc1cc(C)ccc1OC.I. The number of likely N-dealkylation sites (N-methyl/N-ethyl adjacent to an activating group) is 1. The number of aryl methyl sites for hydroxylation is 1. The number of halogens is 1. The van der Waals surface area contributed by atoms with E-state index in [-0.39, 0.29) is 24.0 Å². The van der Waals surface area contributed by atoms with E-state index >= 15 is 0 Å². The van der Waals surface area contributed by atoms with Crippen LogP contribution in [0.25, 0.3) is 0 Å². The molecule has 0 bridgehead atoms. The molecule has 0 saturated heterocycles. The molecule has 6 heteroatoms. The van der Waals surface area contributed by atoms with E-state index in [0.29, 0.717) is 0 Å². The van der Waals surface area contributed by atoms with Crippen molar-refractivity contribution >= 4 is 29.9 Å². The molecule has 0 atom stereocenters. The first-order chi connectivity index (χ1) is 10.6. The number of hydrogen-bond donors (Lipinski definition) is 2. The summed E-state index contributed by atoms with van der Waals surface area (Å²) in [5.41, 5.74) is 2.47. The summed E-state index contributed by atoms with van der Waals surface area (Å²) in [5.74, 6) is 1.79. The Labute approximate surface area is 157 Å². The van der Waals surface area contributed by atoms with Crippen LogP contribution < -0.4 is 15.4 Å². The highest BCUT2D eigenvalue weighted by atomic mass is 127. The minimum absolute atomic E-state index is 0. The fourth-order valence-corrected chi connectivity index (χ4v) is 2.16. The maximum absolute atomic E-state index is 5.41. The van der Waals surface area contributed by atoms with Crippen molar-refractivity contribution in [2.45, 2.75) is 20.3 Å². The predicted molar refractivity (Wildman–Crippen MR) is 109 cm³/mol. The lowest BCUT2D eigenvalue weighted by Crippen LogP contribution is -2.41. The van der Waals surface area contributed by atoms with Crippen LogP contribution in [0.1, 0.15) is 18.1 Å². The molecule has 132 valence electrons. The second-order valence-corrected chi connectivity index (χ2v) is 5.39. The number of guanidine groups is 1. The smallest absolute Gasteiger partial charge is 0.191 e. The maximum Gasteiger partial charge on any atom is 0.191 e. The second kappa shape index (κ2) is 12.4. The summed E-state index contributed by atoms with van der Waals surface area (Å²) < 4.78 is 5.41. The largest absolute Gasteiger partial charge is 0.496 e. The average Bonchev–Trinajstić information content (AvgIpc) is 2.53. The van der Waals surface area contributed by atoms with Gasteiger partial charge >= 0.3 is 0 Å². The highest BCUT2D eigenvalue weighted by Gasteiger charge is 2.04. The minimum atomic E-state index is 0. The topological polar surface area (TPSA) is 48.9 Å². The number of ether oxygens (including phenoxy) is 1. The van der Waals surface area contributed by atoms with Crippen molar-refractivity contribution in [3.05, 3.63) is 29.3 Å². The average molecular weight is 434 g/mol. The monoisotopic (exact) mass is 434 g/mol. The zero-order chi connectivity index (χ0) is 16.4. The van der Waals surface area contributed by atoms with E-state index in [4.69, 9.17) is 4.74 Å². The van der Waals surface area contributed by atoms with Crippen LogP contribution in [-0.4, -0.2) is 58.2 Å². The van der Waals surface area contributed by atoms with E-state index in [1.807, 2.05) is 6.07 Å². The van der Waals surface area contributed by atoms with Gasteiger partial charge in [0.2, 0.25) is 0 Å². The number of hydrogen-bond acceptors (Lipinski definition) is 3. The second-order valence-electron chi connectivity index (χ2n) is 5.39. The first-order valence-electron chi connectivity index (χ1n) is 7.87. The standard InChI is InChI=1S/C17H30N4O.HI/c1-6-21(4)12-11-20-17(18-3)19-10-9-15-13-14(2)7-8-16(15)22-5;/h7-8,13H,6,9-12H2,1-5H3,(H2,18,19,20);1H. The van der Waals surface area contributed by atoms with Gasteiger partial charge in [-0.25, -0.2) is 0 Å². The number of benzene rings is 1. The number of nitrogens with zero attached hydrogens (tertiary/aromatic N) is 2. The van der Waals surface area contributed by atoms with E-state index < -0.39 is 0 Å². The fourth-order valence-electron chi connectivity index (χ4n) is 2.16. The lowest BCUT2D eigenvalue weighted by Gasteiger charge is -2.16. The number of aliphatic imine (C=N–C) groups is 1. The van der Waals surface area contributed by atoms with Crippen LogP contribution >= 0.6 is 24.0 Å². The van der Waals surface area contributed by atoms with E-state index in [1.165, 1.54) is 11.1 Å². The highest BCUT2D eigenvalue weighted by molar-refractivity contribution is 14.0. The molecule has 1 rings (SSSR count). The molecule has 0 radical (unpaired) electrons.